The topological polar surface area (TPSA) is 38.1 Å². The molecule has 2 heterocycles. The summed E-state index contributed by atoms with van der Waals surface area (Å²) in [7, 11) is 0. The minimum atomic E-state index is 0.432. The summed E-state index contributed by atoms with van der Waals surface area (Å²) in [5, 5.41) is 7.05. The lowest BCUT2D eigenvalue weighted by Gasteiger charge is -2.24. The van der Waals surface area contributed by atoms with E-state index in [0.717, 1.165) is 18.0 Å². The molecular weight excluding hydrogens is 128 g/mol. The first-order valence-electron chi connectivity index (χ1n) is 3.53. The van der Waals surface area contributed by atoms with Crippen LogP contribution in [0.4, 0.5) is 0 Å². The van der Waals surface area contributed by atoms with Crippen LogP contribution in [0, 0.1) is 6.92 Å². The second-order valence-electron chi connectivity index (χ2n) is 2.67. The van der Waals surface area contributed by atoms with Gasteiger partial charge in [-0.25, -0.2) is 0 Å². The van der Waals surface area contributed by atoms with Gasteiger partial charge in [0.05, 0.1) is 11.7 Å². The normalized spacial score (nSPS) is 24.3. The maximum atomic E-state index is 5.06. The number of hydrogen-bond acceptors (Lipinski definition) is 3. The predicted molar refractivity (Wildman–Crippen MR) is 36.6 cm³/mol. The quantitative estimate of drug-likeness (QED) is 0.629. The Labute approximate surface area is 59.4 Å². The zero-order valence-corrected chi connectivity index (χ0v) is 5.92. The zero-order chi connectivity index (χ0) is 6.97. The van der Waals surface area contributed by atoms with Crippen molar-refractivity contribution in [3.63, 3.8) is 0 Å². The summed E-state index contributed by atoms with van der Waals surface area (Å²) in [5.74, 6) is 0.976. The Morgan fingerprint density at radius 1 is 1.80 bits per heavy atom. The van der Waals surface area contributed by atoms with E-state index in [-0.39, 0.29) is 0 Å². The molecule has 0 spiro atoms. The molecule has 3 heteroatoms. The van der Waals surface area contributed by atoms with E-state index in [0.29, 0.717) is 6.04 Å². The van der Waals surface area contributed by atoms with Crippen LogP contribution in [-0.2, 0) is 0 Å². The monoisotopic (exact) mass is 138 g/mol. The minimum absolute atomic E-state index is 0.432. The summed E-state index contributed by atoms with van der Waals surface area (Å²) in [5.41, 5.74) is 0.962. The van der Waals surface area contributed by atoms with Crippen LogP contribution in [0.5, 0.6) is 0 Å². The molecule has 1 aromatic heterocycles. The van der Waals surface area contributed by atoms with Crippen LogP contribution in [0.15, 0.2) is 10.6 Å². The number of aromatic nitrogens is 1. The molecular formula is C7H10N2O. The highest BCUT2D eigenvalue weighted by atomic mass is 16.5. The van der Waals surface area contributed by atoms with Gasteiger partial charge in [0.15, 0.2) is 5.76 Å². The van der Waals surface area contributed by atoms with E-state index in [4.69, 9.17) is 4.52 Å². The van der Waals surface area contributed by atoms with Gasteiger partial charge in [-0.2, -0.15) is 0 Å². The third kappa shape index (κ3) is 0.827. The van der Waals surface area contributed by atoms with E-state index in [1.165, 1.54) is 6.42 Å². The Morgan fingerprint density at radius 3 is 3.00 bits per heavy atom. The van der Waals surface area contributed by atoms with Crippen LogP contribution >= 0.6 is 0 Å². The molecule has 1 fully saturated rings. The Balaban J connectivity index is 2.17. The molecule has 0 aliphatic carbocycles. The number of nitrogens with zero attached hydrogens (tertiary/aromatic N) is 1. The SMILES string of the molecule is Cc1cc([C@@H]2CCN2)on1. The van der Waals surface area contributed by atoms with E-state index >= 15 is 0 Å². The van der Waals surface area contributed by atoms with Crippen LogP contribution < -0.4 is 5.32 Å². The van der Waals surface area contributed by atoms with Crippen molar-refractivity contribution in [2.45, 2.75) is 19.4 Å². The summed E-state index contributed by atoms with van der Waals surface area (Å²) in [6.07, 6.45) is 1.18. The molecule has 1 aliphatic heterocycles. The van der Waals surface area contributed by atoms with E-state index < -0.39 is 0 Å². The molecule has 1 saturated heterocycles. The summed E-state index contributed by atoms with van der Waals surface area (Å²) in [6.45, 7) is 3.04. The Hall–Kier alpha value is -0.830. The first kappa shape index (κ1) is 5.92. The lowest BCUT2D eigenvalue weighted by Crippen LogP contribution is -2.34. The molecule has 0 radical (unpaired) electrons. The van der Waals surface area contributed by atoms with Gasteiger partial charge in [0, 0.05) is 6.07 Å². The minimum Gasteiger partial charge on any atom is -0.359 e. The standard InChI is InChI=1S/C7H10N2O/c1-5-4-7(10-9-5)6-2-3-8-6/h4,6,8H,2-3H2,1H3/t6-/m0/s1. The van der Waals surface area contributed by atoms with Gasteiger partial charge >= 0.3 is 0 Å². The molecule has 2 rings (SSSR count). The fourth-order valence-electron chi connectivity index (χ4n) is 1.08. The van der Waals surface area contributed by atoms with Gasteiger partial charge < -0.3 is 9.84 Å². The highest BCUT2D eigenvalue weighted by molar-refractivity contribution is 5.09. The molecule has 10 heavy (non-hydrogen) atoms. The average Bonchev–Trinajstić information content (AvgIpc) is 2.10. The van der Waals surface area contributed by atoms with Gasteiger partial charge in [0.2, 0.25) is 0 Å². The number of nitrogens with one attached hydrogen (secondary N) is 1. The molecule has 54 valence electrons. The summed E-state index contributed by atoms with van der Waals surface area (Å²) in [6, 6.07) is 2.41. The third-order valence-electron chi connectivity index (χ3n) is 1.81. The van der Waals surface area contributed by atoms with Crippen LogP contribution in [0.3, 0.4) is 0 Å². The number of hydrogen-bond donors (Lipinski definition) is 1. The molecule has 1 aromatic rings. The van der Waals surface area contributed by atoms with E-state index in [2.05, 4.69) is 10.5 Å². The van der Waals surface area contributed by atoms with Crippen molar-refractivity contribution >= 4 is 0 Å². The lowest BCUT2D eigenvalue weighted by molar-refractivity contribution is 0.280. The largest absolute Gasteiger partial charge is 0.359 e. The highest BCUT2D eigenvalue weighted by Crippen LogP contribution is 2.22. The first-order chi connectivity index (χ1) is 4.86. The fourth-order valence-corrected chi connectivity index (χ4v) is 1.08. The van der Waals surface area contributed by atoms with Crippen LogP contribution in [0.2, 0.25) is 0 Å². The van der Waals surface area contributed by atoms with Crippen LogP contribution in [-0.4, -0.2) is 11.7 Å². The molecule has 1 atom stereocenters. The summed E-state index contributed by atoms with van der Waals surface area (Å²) >= 11 is 0. The second kappa shape index (κ2) is 2.09. The Bertz CT molecular complexity index is 227. The Kier molecular flexibility index (Phi) is 1.24. The summed E-state index contributed by atoms with van der Waals surface area (Å²) in [4.78, 5) is 0. The third-order valence-corrected chi connectivity index (χ3v) is 1.81. The van der Waals surface area contributed by atoms with E-state index in [1.54, 1.807) is 0 Å². The molecule has 0 bridgehead atoms. The van der Waals surface area contributed by atoms with Crippen molar-refractivity contribution < 1.29 is 4.52 Å². The maximum absolute atomic E-state index is 5.06. The van der Waals surface area contributed by atoms with Gasteiger partial charge in [0.25, 0.3) is 0 Å². The summed E-state index contributed by atoms with van der Waals surface area (Å²) < 4.78 is 5.06. The van der Waals surface area contributed by atoms with Gasteiger partial charge in [0.1, 0.15) is 0 Å². The second-order valence-corrected chi connectivity index (χ2v) is 2.67. The first-order valence-corrected chi connectivity index (χ1v) is 3.53. The van der Waals surface area contributed by atoms with Crippen LogP contribution in [0.1, 0.15) is 23.9 Å². The average molecular weight is 138 g/mol. The van der Waals surface area contributed by atoms with Crippen molar-refractivity contribution in [3.05, 3.63) is 17.5 Å². The van der Waals surface area contributed by atoms with Crippen molar-refractivity contribution in [1.29, 1.82) is 0 Å². The predicted octanol–water partition coefficient (Wildman–Crippen LogP) is 1.02. The smallest absolute Gasteiger partial charge is 0.153 e. The van der Waals surface area contributed by atoms with Gasteiger partial charge in [-0.1, -0.05) is 5.16 Å². The molecule has 0 amide bonds. The molecule has 0 aromatic carbocycles. The molecule has 3 nitrogen and oxygen atoms in total. The zero-order valence-electron chi connectivity index (χ0n) is 5.92. The van der Waals surface area contributed by atoms with Crippen molar-refractivity contribution in [3.8, 4) is 0 Å². The number of aryl methyl sites for hydroxylation is 1. The van der Waals surface area contributed by atoms with Crippen molar-refractivity contribution in [2.75, 3.05) is 6.54 Å². The van der Waals surface area contributed by atoms with Gasteiger partial charge in [-0.05, 0) is 19.9 Å². The molecule has 1 aliphatic rings. The van der Waals surface area contributed by atoms with Crippen LogP contribution in [0.25, 0.3) is 0 Å². The van der Waals surface area contributed by atoms with Gasteiger partial charge in [-0.15, -0.1) is 0 Å². The van der Waals surface area contributed by atoms with E-state index in [1.807, 2.05) is 13.0 Å². The Morgan fingerprint density at radius 2 is 2.60 bits per heavy atom. The van der Waals surface area contributed by atoms with Crippen molar-refractivity contribution in [2.24, 2.45) is 0 Å². The maximum Gasteiger partial charge on any atom is 0.153 e. The highest BCUT2D eigenvalue weighted by Gasteiger charge is 2.21. The van der Waals surface area contributed by atoms with E-state index in [9.17, 15) is 0 Å². The number of rotatable bonds is 1. The molecule has 0 unspecified atom stereocenters. The fraction of sp³-hybridized carbons (Fsp3) is 0.571. The molecule has 0 saturated carbocycles. The lowest BCUT2D eigenvalue weighted by atomic mass is 10.1. The van der Waals surface area contributed by atoms with Gasteiger partial charge in [-0.3, -0.25) is 0 Å². The molecule has 1 N–H and O–H groups in total. The van der Waals surface area contributed by atoms with Crippen molar-refractivity contribution in [1.82, 2.24) is 10.5 Å².